The number of likely N-dealkylation sites (tertiary alicyclic amines) is 1. The van der Waals surface area contributed by atoms with Crippen molar-refractivity contribution >= 4 is 28.3 Å². The lowest BCUT2D eigenvalue weighted by molar-refractivity contribution is -0.136. The molecular formula is C18H21N5O3S. The van der Waals surface area contributed by atoms with Crippen LogP contribution >= 0.6 is 11.3 Å². The van der Waals surface area contributed by atoms with Crippen LogP contribution in [0.4, 0.5) is 5.13 Å². The molecule has 0 aliphatic carbocycles. The number of aromatic nitrogens is 3. The number of anilines is 1. The third kappa shape index (κ3) is 3.64. The lowest BCUT2D eigenvalue weighted by atomic mass is 9.89. The number of pyridine rings is 1. The number of piperidine rings is 1. The van der Waals surface area contributed by atoms with E-state index in [2.05, 4.69) is 15.2 Å². The normalized spacial score (nSPS) is 21.1. The number of amides is 2. The number of rotatable bonds is 3. The summed E-state index contributed by atoms with van der Waals surface area (Å²) in [5.74, 6) is -0.0559. The van der Waals surface area contributed by atoms with Crippen LogP contribution in [0.15, 0.2) is 23.1 Å². The molecule has 4 rings (SSSR count). The van der Waals surface area contributed by atoms with Crippen LogP contribution in [0.3, 0.4) is 0 Å². The van der Waals surface area contributed by atoms with Gasteiger partial charge in [0.15, 0.2) is 0 Å². The van der Waals surface area contributed by atoms with Crippen molar-refractivity contribution in [1.29, 1.82) is 0 Å². The number of nitrogens with one attached hydrogen (secondary N) is 1. The number of carbonyl (C=O) groups is 2. The third-order valence-electron chi connectivity index (χ3n) is 5.30. The van der Waals surface area contributed by atoms with Gasteiger partial charge in [0.2, 0.25) is 22.5 Å². The standard InChI is InChI=1S/C18H21N5O3S/c1-11-20-21-18(27-11)23-10-14(9-16(23)25)17(26)22-6-3-12(4-7-22)13-2-5-19-15(24)8-13/h2,5,8,12,14H,3-4,6-7,9-10H2,1H3,(H,19,24). The Morgan fingerprint density at radius 2 is 2.04 bits per heavy atom. The number of aromatic amines is 1. The quantitative estimate of drug-likeness (QED) is 0.856. The molecule has 8 nitrogen and oxygen atoms in total. The molecule has 142 valence electrons. The third-order valence-corrected chi connectivity index (χ3v) is 6.16. The maximum Gasteiger partial charge on any atom is 0.248 e. The fraction of sp³-hybridized carbons (Fsp3) is 0.500. The Labute approximate surface area is 160 Å². The van der Waals surface area contributed by atoms with Crippen LogP contribution in [0.25, 0.3) is 0 Å². The second kappa shape index (κ2) is 7.22. The van der Waals surface area contributed by atoms with E-state index in [1.807, 2.05) is 17.9 Å². The predicted octanol–water partition coefficient (Wildman–Crippen LogP) is 1.29. The molecular weight excluding hydrogens is 366 g/mol. The van der Waals surface area contributed by atoms with Gasteiger partial charge < -0.3 is 9.88 Å². The van der Waals surface area contributed by atoms with Crippen LogP contribution in [-0.2, 0) is 9.59 Å². The Hall–Kier alpha value is -2.55. The van der Waals surface area contributed by atoms with E-state index in [0.29, 0.717) is 30.7 Å². The molecule has 0 radical (unpaired) electrons. The second-order valence-corrected chi connectivity index (χ2v) is 8.25. The van der Waals surface area contributed by atoms with Crippen molar-refractivity contribution in [2.24, 2.45) is 5.92 Å². The van der Waals surface area contributed by atoms with E-state index in [1.54, 1.807) is 17.2 Å². The van der Waals surface area contributed by atoms with Crippen molar-refractivity contribution in [3.8, 4) is 0 Å². The highest BCUT2D eigenvalue weighted by Gasteiger charge is 2.39. The van der Waals surface area contributed by atoms with Crippen LogP contribution < -0.4 is 10.5 Å². The summed E-state index contributed by atoms with van der Waals surface area (Å²) in [7, 11) is 0. The van der Waals surface area contributed by atoms with E-state index in [1.165, 1.54) is 11.3 Å². The van der Waals surface area contributed by atoms with E-state index in [4.69, 9.17) is 0 Å². The average molecular weight is 387 g/mol. The van der Waals surface area contributed by atoms with Gasteiger partial charge in [-0.3, -0.25) is 19.3 Å². The van der Waals surface area contributed by atoms with Crippen LogP contribution in [-0.4, -0.2) is 51.5 Å². The van der Waals surface area contributed by atoms with Gasteiger partial charge in [-0.15, -0.1) is 10.2 Å². The lowest BCUT2D eigenvalue weighted by Crippen LogP contribution is -2.42. The highest BCUT2D eigenvalue weighted by molar-refractivity contribution is 7.15. The summed E-state index contributed by atoms with van der Waals surface area (Å²) in [4.78, 5) is 42.8. The topological polar surface area (TPSA) is 99.3 Å². The van der Waals surface area contributed by atoms with Gasteiger partial charge in [-0.05, 0) is 37.3 Å². The average Bonchev–Trinajstić information content (AvgIpc) is 3.27. The number of hydrogen-bond donors (Lipinski definition) is 1. The van der Waals surface area contributed by atoms with Gasteiger partial charge >= 0.3 is 0 Å². The van der Waals surface area contributed by atoms with E-state index in [9.17, 15) is 14.4 Å². The van der Waals surface area contributed by atoms with Gasteiger partial charge in [0, 0.05) is 38.3 Å². The van der Waals surface area contributed by atoms with Crippen molar-refractivity contribution in [2.75, 3.05) is 24.5 Å². The highest BCUT2D eigenvalue weighted by atomic mass is 32.1. The molecule has 2 saturated heterocycles. The van der Waals surface area contributed by atoms with Crippen LogP contribution in [0, 0.1) is 12.8 Å². The molecule has 2 aliphatic heterocycles. The largest absolute Gasteiger partial charge is 0.342 e. The maximum atomic E-state index is 12.9. The molecule has 0 spiro atoms. The minimum Gasteiger partial charge on any atom is -0.342 e. The Morgan fingerprint density at radius 1 is 1.26 bits per heavy atom. The zero-order valence-corrected chi connectivity index (χ0v) is 15.9. The van der Waals surface area contributed by atoms with Crippen molar-refractivity contribution < 1.29 is 9.59 Å². The number of carbonyl (C=O) groups excluding carboxylic acids is 2. The van der Waals surface area contributed by atoms with E-state index in [0.717, 1.165) is 23.4 Å². The number of nitrogens with zero attached hydrogens (tertiary/aromatic N) is 4. The lowest BCUT2D eigenvalue weighted by Gasteiger charge is -2.33. The maximum absolute atomic E-state index is 12.9. The Morgan fingerprint density at radius 3 is 2.70 bits per heavy atom. The van der Waals surface area contributed by atoms with Gasteiger partial charge in [-0.1, -0.05) is 11.3 Å². The van der Waals surface area contributed by atoms with Crippen molar-refractivity contribution in [3.63, 3.8) is 0 Å². The molecule has 2 amide bonds. The minimum atomic E-state index is -0.321. The zero-order valence-electron chi connectivity index (χ0n) is 15.1. The van der Waals surface area contributed by atoms with Crippen LogP contribution in [0.1, 0.15) is 35.8 Å². The smallest absolute Gasteiger partial charge is 0.248 e. The fourth-order valence-electron chi connectivity index (χ4n) is 3.86. The molecule has 1 unspecified atom stereocenters. The van der Waals surface area contributed by atoms with Gasteiger partial charge in [0.1, 0.15) is 5.01 Å². The summed E-state index contributed by atoms with van der Waals surface area (Å²) in [5.41, 5.74) is 0.933. The monoisotopic (exact) mass is 387 g/mol. The van der Waals surface area contributed by atoms with Crippen LogP contribution in [0.2, 0.25) is 0 Å². The first-order valence-electron chi connectivity index (χ1n) is 9.09. The SMILES string of the molecule is Cc1nnc(N2CC(C(=O)N3CCC(c4cc[nH]c(=O)c4)CC3)CC2=O)s1. The molecule has 0 bridgehead atoms. The zero-order chi connectivity index (χ0) is 19.0. The first-order chi connectivity index (χ1) is 13.0. The minimum absolute atomic E-state index is 0.0384. The van der Waals surface area contributed by atoms with Crippen molar-refractivity contribution in [1.82, 2.24) is 20.1 Å². The molecule has 1 atom stereocenters. The molecule has 27 heavy (non-hydrogen) atoms. The molecule has 1 N–H and O–H groups in total. The summed E-state index contributed by atoms with van der Waals surface area (Å²) in [6, 6.07) is 3.57. The fourth-order valence-corrected chi connectivity index (χ4v) is 4.57. The summed E-state index contributed by atoms with van der Waals surface area (Å²) in [6.07, 6.45) is 3.55. The molecule has 4 heterocycles. The van der Waals surface area contributed by atoms with Crippen LogP contribution in [0.5, 0.6) is 0 Å². The summed E-state index contributed by atoms with van der Waals surface area (Å²) < 4.78 is 0. The van der Waals surface area contributed by atoms with Crippen molar-refractivity contribution in [3.05, 3.63) is 39.3 Å². The molecule has 2 aromatic rings. The van der Waals surface area contributed by atoms with Gasteiger partial charge in [-0.2, -0.15) is 0 Å². The summed E-state index contributed by atoms with van der Waals surface area (Å²) in [6.45, 7) is 3.52. The molecule has 9 heteroatoms. The first kappa shape index (κ1) is 17.8. The Balaban J connectivity index is 1.37. The first-order valence-corrected chi connectivity index (χ1v) is 9.91. The summed E-state index contributed by atoms with van der Waals surface area (Å²) in [5, 5.41) is 9.35. The van der Waals surface area contributed by atoms with Gasteiger partial charge in [-0.25, -0.2) is 0 Å². The van der Waals surface area contributed by atoms with Gasteiger partial charge in [0.05, 0.1) is 5.92 Å². The molecule has 0 aromatic carbocycles. The van der Waals surface area contributed by atoms with Crippen molar-refractivity contribution in [2.45, 2.75) is 32.1 Å². The number of aryl methyl sites for hydroxylation is 1. The Kier molecular flexibility index (Phi) is 4.77. The predicted molar refractivity (Wildman–Crippen MR) is 101 cm³/mol. The van der Waals surface area contributed by atoms with E-state index in [-0.39, 0.29) is 29.7 Å². The highest BCUT2D eigenvalue weighted by Crippen LogP contribution is 2.31. The molecule has 2 aliphatic rings. The van der Waals surface area contributed by atoms with Gasteiger partial charge in [0.25, 0.3) is 0 Å². The Bertz CT molecular complexity index is 915. The van der Waals surface area contributed by atoms with E-state index >= 15 is 0 Å². The molecule has 0 saturated carbocycles. The number of H-pyrrole nitrogens is 1. The number of hydrogen-bond acceptors (Lipinski definition) is 6. The molecule has 2 fully saturated rings. The second-order valence-electron chi connectivity index (χ2n) is 7.09. The molecule has 2 aromatic heterocycles. The van der Waals surface area contributed by atoms with E-state index < -0.39 is 0 Å². The summed E-state index contributed by atoms with van der Waals surface area (Å²) >= 11 is 1.37.